The van der Waals surface area contributed by atoms with Crippen molar-refractivity contribution >= 4 is 27.5 Å². The Morgan fingerprint density at radius 1 is 1.18 bits per heavy atom. The number of ether oxygens (including phenoxy) is 2. The van der Waals surface area contributed by atoms with Gasteiger partial charge < -0.3 is 25.0 Å². The van der Waals surface area contributed by atoms with Gasteiger partial charge in [-0.2, -0.15) is 9.97 Å². The highest BCUT2D eigenvalue weighted by molar-refractivity contribution is 6.04. The van der Waals surface area contributed by atoms with Gasteiger partial charge in [0.05, 0.1) is 30.4 Å². The van der Waals surface area contributed by atoms with Crippen LogP contribution in [0.2, 0.25) is 0 Å². The Bertz CT molecular complexity index is 1850. The number of aliphatic hydroxyl groups excluding tert-OH is 1. The zero-order valence-corrected chi connectivity index (χ0v) is 23.9. The number of methoxy groups -OCH3 is 1. The van der Waals surface area contributed by atoms with Crippen LogP contribution in [0.25, 0.3) is 32.9 Å². The second kappa shape index (κ2) is 10.7. The fourth-order valence-electron chi connectivity index (χ4n) is 6.84. The Morgan fingerprint density at radius 3 is 2.75 bits per heavy atom. The van der Waals surface area contributed by atoms with Gasteiger partial charge in [-0.15, -0.1) is 6.42 Å². The molecule has 7 rings (SSSR count). The number of nitrogens with one attached hydrogen (secondary N) is 1. The van der Waals surface area contributed by atoms with E-state index in [4.69, 9.17) is 15.9 Å². The minimum Gasteiger partial charge on any atom is -0.508 e. The summed E-state index contributed by atoms with van der Waals surface area (Å²) in [6, 6.07) is 4.76. The van der Waals surface area contributed by atoms with Gasteiger partial charge in [-0.3, -0.25) is 4.90 Å². The third kappa shape index (κ3) is 4.53. The molecule has 228 valence electrons. The van der Waals surface area contributed by atoms with E-state index in [0.717, 1.165) is 19.4 Å². The molecular weight excluding hydrogens is 575 g/mol. The number of phenolic OH excluding ortho intramolecular Hbond substituents is 1. The molecule has 3 fully saturated rings. The van der Waals surface area contributed by atoms with Gasteiger partial charge >= 0.3 is 6.01 Å². The van der Waals surface area contributed by atoms with E-state index in [2.05, 4.69) is 31.1 Å². The van der Waals surface area contributed by atoms with Crippen LogP contribution in [0.4, 0.5) is 19.0 Å². The first kappa shape index (κ1) is 28.4. The maximum absolute atomic E-state index is 16.7. The minimum absolute atomic E-state index is 0.0376. The Hall–Kier alpha value is -4.34. The fourth-order valence-corrected chi connectivity index (χ4v) is 6.84. The number of hydrogen-bond acceptors (Lipinski definition) is 9. The monoisotopic (exact) mass is 605 g/mol. The maximum atomic E-state index is 16.7. The van der Waals surface area contributed by atoms with E-state index < -0.39 is 29.4 Å². The van der Waals surface area contributed by atoms with Crippen molar-refractivity contribution < 1.29 is 32.9 Å². The van der Waals surface area contributed by atoms with E-state index in [9.17, 15) is 19.0 Å². The number of rotatable bonds is 7. The van der Waals surface area contributed by atoms with Crippen LogP contribution in [0.5, 0.6) is 17.6 Å². The van der Waals surface area contributed by atoms with Crippen molar-refractivity contribution in [2.45, 2.75) is 56.0 Å². The van der Waals surface area contributed by atoms with E-state index in [1.807, 2.05) is 0 Å². The number of aromatic hydroxyl groups is 1. The van der Waals surface area contributed by atoms with Gasteiger partial charge in [-0.05, 0) is 55.8 Å². The first-order valence-corrected chi connectivity index (χ1v) is 14.6. The SMILES string of the molecule is C#Cc1c(F)ccc2cc(O)cc(-c3nc(OC)c4c(N[C@H]5CC[C@H]5O)nc(OC[C@@]56CCCN5C[C@H](F)C6)nc4c3F)c12. The highest BCUT2D eigenvalue weighted by Gasteiger charge is 2.49. The van der Waals surface area contributed by atoms with Gasteiger partial charge in [-0.25, -0.2) is 18.2 Å². The molecule has 0 bridgehead atoms. The Labute approximate surface area is 251 Å². The number of halogens is 3. The number of aliphatic hydroxyl groups is 1. The molecule has 4 aromatic rings. The van der Waals surface area contributed by atoms with Crippen molar-refractivity contribution in [1.29, 1.82) is 0 Å². The number of nitrogens with zero attached hydrogens (tertiary/aromatic N) is 4. The quantitative estimate of drug-likeness (QED) is 0.258. The second-order valence-electron chi connectivity index (χ2n) is 11.8. The average Bonchev–Trinajstić information content (AvgIpc) is 3.53. The Balaban J connectivity index is 1.41. The first-order valence-electron chi connectivity index (χ1n) is 14.6. The molecule has 0 spiro atoms. The number of benzene rings is 2. The summed E-state index contributed by atoms with van der Waals surface area (Å²) in [5.74, 6) is 0.619. The third-order valence-electron chi connectivity index (χ3n) is 9.17. The highest BCUT2D eigenvalue weighted by Crippen LogP contribution is 2.43. The number of phenols is 1. The number of terminal acetylenes is 1. The maximum Gasteiger partial charge on any atom is 0.319 e. The lowest BCUT2D eigenvalue weighted by Crippen LogP contribution is -2.44. The number of hydrogen-bond donors (Lipinski definition) is 3. The molecule has 4 atom stereocenters. The molecule has 3 N–H and O–H groups in total. The Kier molecular flexibility index (Phi) is 6.90. The summed E-state index contributed by atoms with van der Waals surface area (Å²) in [4.78, 5) is 15.5. The van der Waals surface area contributed by atoms with Crippen molar-refractivity contribution in [3.8, 4) is 41.2 Å². The van der Waals surface area contributed by atoms with Crippen LogP contribution in [-0.2, 0) is 0 Å². The lowest BCUT2D eigenvalue weighted by Gasteiger charge is -2.34. The highest BCUT2D eigenvalue weighted by atomic mass is 19.1. The molecule has 2 aliphatic heterocycles. The van der Waals surface area contributed by atoms with Crippen LogP contribution in [-0.4, -0.2) is 80.7 Å². The molecule has 9 nitrogen and oxygen atoms in total. The Morgan fingerprint density at radius 2 is 2.02 bits per heavy atom. The first-order chi connectivity index (χ1) is 21.2. The van der Waals surface area contributed by atoms with E-state index in [1.165, 1.54) is 31.4 Å². The van der Waals surface area contributed by atoms with Crippen LogP contribution in [0, 0.1) is 24.0 Å². The minimum atomic E-state index is -0.959. The fraction of sp³-hybridized carbons (Fsp3) is 0.406. The summed E-state index contributed by atoms with van der Waals surface area (Å²) in [5, 5.41) is 24.6. The van der Waals surface area contributed by atoms with Crippen molar-refractivity contribution in [3.05, 3.63) is 41.5 Å². The van der Waals surface area contributed by atoms with E-state index in [0.29, 0.717) is 31.2 Å². The van der Waals surface area contributed by atoms with Gasteiger partial charge in [-0.1, -0.05) is 12.0 Å². The number of anilines is 1. The van der Waals surface area contributed by atoms with Crippen LogP contribution in [0.15, 0.2) is 24.3 Å². The van der Waals surface area contributed by atoms with Crippen LogP contribution in [0.1, 0.15) is 37.7 Å². The smallest absolute Gasteiger partial charge is 0.319 e. The van der Waals surface area contributed by atoms with Crippen molar-refractivity contribution in [3.63, 3.8) is 0 Å². The predicted octanol–water partition coefficient (Wildman–Crippen LogP) is 4.71. The molecular formula is C32H30F3N5O4. The molecule has 0 radical (unpaired) electrons. The molecule has 0 unspecified atom stereocenters. The van der Waals surface area contributed by atoms with Gasteiger partial charge in [0, 0.05) is 23.9 Å². The largest absolute Gasteiger partial charge is 0.508 e. The zero-order chi connectivity index (χ0) is 30.7. The lowest BCUT2D eigenvalue weighted by molar-refractivity contribution is 0.0783. The van der Waals surface area contributed by atoms with Crippen LogP contribution < -0.4 is 14.8 Å². The molecule has 12 heteroatoms. The average molecular weight is 606 g/mol. The van der Waals surface area contributed by atoms with Gasteiger partial charge in [0.15, 0.2) is 5.82 Å². The van der Waals surface area contributed by atoms with Crippen LogP contribution >= 0.6 is 0 Å². The summed E-state index contributed by atoms with van der Waals surface area (Å²) < 4.78 is 57.6. The molecule has 2 aromatic heterocycles. The second-order valence-corrected chi connectivity index (χ2v) is 11.8. The van der Waals surface area contributed by atoms with Crippen molar-refractivity contribution in [1.82, 2.24) is 19.9 Å². The summed E-state index contributed by atoms with van der Waals surface area (Å²) in [5.41, 5.74) is -1.07. The molecule has 1 aliphatic carbocycles. The number of aromatic nitrogens is 3. The summed E-state index contributed by atoms with van der Waals surface area (Å²) in [6.45, 7) is 1.23. The lowest BCUT2D eigenvalue weighted by atomic mass is 9.89. The van der Waals surface area contributed by atoms with E-state index in [-0.39, 0.29) is 69.2 Å². The molecule has 44 heavy (non-hydrogen) atoms. The molecule has 2 saturated heterocycles. The van der Waals surface area contributed by atoms with Gasteiger partial charge in [0.1, 0.15) is 46.8 Å². The number of pyridine rings is 1. The van der Waals surface area contributed by atoms with Gasteiger partial charge in [0.2, 0.25) is 5.88 Å². The van der Waals surface area contributed by atoms with Crippen molar-refractivity contribution in [2.75, 3.05) is 32.1 Å². The van der Waals surface area contributed by atoms with Crippen LogP contribution in [0.3, 0.4) is 0 Å². The number of alkyl halides is 1. The molecule has 3 aliphatic rings. The molecule has 1 saturated carbocycles. The molecule has 2 aromatic carbocycles. The predicted molar refractivity (Wildman–Crippen MR) is 158 cm³/mol. The summed E-state index contributed by atoms with van der Waals surface area (Å²) in [7, 11) is 1.35. The molecule has 0 amide bonds. The summed E-state index contributed by atoms with van der Waals surface area (Å²) >= 11 is 0. The third-order valence-corrected chi connectivity index (χ3v) is 9.17. The standard InChI is InChI=1S/C32H30F3N5O4/c1-3-19-21(34)6-5-16-11-18(41)12-20(24(16)19)27-26(35)28-25(30(37-27)43-2)29(36-22-7-8-23(22)42)39-31(38-28)44-15-32-9-4-10-40(32)14-17(33)13-32/h1,5-6,11-12,17,22-23,41-42H,4,7-10,13-15H2,2H3,(H,36,38,39)/t17-,22+,23-,32+/m1/s1. The zero-order valence-electron chi connectivity index (χ0n) is 23.9. The molecule has 4 heterocycles. The van der Waals surface area contributed by atoms with Crippen molar-refractivity contribution in [2.24, 2.45) is 0 Å². The number of fused-ring (bicyclic) bond motifs is 3. The topological polar surface area (TPSA) is 113 Å². The van der Waals surface area contributed by atoms with E-state index >= 15 is 4.39 Å². The summed E-state index contributed by atoms with van der Waals surface area (Å²) in [6.07, 6.45) is 7.32. The normalized spacial score (nSPS) is 24.7. The van der Waals surface area contributed by atoms with E-state index in [1.54, 1.807) is 0 Å². The van der Waals surface area contributed by atoms with Gasteiger partial charge in [0.25, 0.3) is 0 Å².